The van der Waals surface area contributed by atoms with Gasteiger partial charge in [0.1, 0.15) is 0 Å². The topological polar surface area (TPSA) is 6.48 Å². The third kappa shape index (κ3) is 7.50. The number of piperidine rings is 2. The second-order valence-corrected chi connectivity index (χ2v) is 8.45. The number of hydrogen-bond acceptors (Lipinski definition) is 2. The molecule has 1 aromatic carbocycles. The van der Waals surface area contributed by atoms with Crippen LogP contribution in [0.1, 0.15) is 65.4 Å². The Morgan fingerprint density at radius 2 is 1.28 bits per heavy atom. The SMILES string of the molecule is CC(C)N1CCC(Cc2ccccc2)CC1.CC(C)N1CCCCC1. The van der Waals surface area contributed by atoms with Crippen LogP contribution in [0.4, 0.5) is 0 Å². The molecule has 0 N–H and O–H groups in total. The Hall–Kier alpha value is -0.860. The molecule has 3 rings (SSSR count). The first kappa shape index (κ1) is 20.5. The summed E-state index contributed by atoms with van der Waals surface area (Å²) in [5.74, 6) is 0.900. The van der Waals surface area contributed by atoms with E-state index < -0.39 is 0 Å². The van der Waals surface area contributed by atoms with E-state index in [0.29, 0.717) is 0 Å². The monoisotopic (exact) mass is 344 g/mol. The van der Waals surface area contributed by atoms with Crippen LogP contribution in [-0.2, 0) is 6.42 Å². The Bertz CT molecular complexity index is 440. The maximum absolute atomic E-state index is 2.60. The van der Waals surface area contributed by atoms with Crippen molar-refractivity contribution in [3.63, 3.8) is 0 Å². The molecule has 0 unspecified atom stereocenters. The minimum atomic E-state index is 0.720. The van der Waals surface area contributed by atoms with Gasteiger partial charge in [0.25, 0.3) is 0 Å². The second-order valence-electron chi connectivity index (χ2n) is 8.45. The normalized spacial score (nSPS) is 20.6. The molecule has 2 fully saturated rings. The number of likely N-dealkylation sites (tertiary alicyclic amines) is 2. The van der Waals surface area contributed by atoms with Gasteiger partial charge in [-0.15, -0.1) is 0 Å². The third-order valence-corrected chi connectivity index (χ3v) is 5.87. The highest BCUT2D eigenvalue weighted by Crippen LogP contribution is 2.22. The second kappa shape index (κ2) is 11.0. The summed E-state index contributed by atoms with van der Waals surface area (Å²) in [4.78, 5) is 5.16. The van der Waals surface area contributed by atoms with E-state index >= 15 is 0 Å². The highest BCUT2D eigenvalue weighted by molar-refractivity contribution is 5.15. The van der Waals surface area contributed by atoms with Gasteiger partial charge in [-0.05, 0) is 97.5 Å². The summed E-state index contributed by atoms with van der Waals surface area (Å²) >= 11 is 0. The van der Waals surface area contributed by atoms with Gasteiger partial charge in [0, 0.05) is 12.1 Å². The summed E-state index contributed by atoms with van der Waals surface area (Å²) in [7, 11) is 0. The summed E-state index contributed by atoms with van der Waals surface area (Å²) in [5.41, 5.74) is 1.51. The van der Waals surface area contributed by atoms with Gasteiger partial charge in [-0.3, -0.25) is 0 Å². The van der Waals surface area contributed by atoms with Gasteiger partial charge < -0.3 is 9.80 Å². The first-order chi connectivity index (χ1) is 12.1. The molecular weight excluding hydrogens is 304 g/mol. The van der Waals surface area contributed by atoms with Crippen LogP contribution in [-0.4, -0.2) is 48.1 Å². The molecule has 2 nitrogen and oxygen atoms in total. The Labute approximate surface area is 156 Å². The van der Waals surface area contributed by atoms with Gasteiger partial charge in [-0.25, -0.2) is 0 Å². The van der Waals surface area contributed by atoms with Crippen LogP contribution in [0.25, 0.3) is 0 Å². The molecule has 1 aromatic rings. The van der Waals surface area contributed by atoms with Gasteiger partial charge >= 0.3 is 0 Å². The number of hydrogen-bond donors (Lipinski definition) is 0. The van der Waals surface area contributed by atoms with Crippen molar-refractivity contribution in [1.29, 1.82) is 0 Å². The molecule has 2 aliphatic heterocycles. The molecule has 0 saturated carbocycles. The number of rotatable bonds is 4. The Kier molecular flexibility index (Phi) is 8.98. The summed E-state index contributed by atoms with van der Waals surface area (Å²) in [6, 6.07) is 12.4. The van der Waals surface area contributed by atoms with Crippen LogP contribution in [0.3, 0.4) is 0 Å². The van der Waals surface area contributed by atoms with E-state index in [1.807, 2.05) is 0 Å². The van der Waals surface area contributed by atoms with Crippen molar-refractivity contribution in [3.8, 4) is 0 Å². The molecule has 0 spiro atoms. The van der Waals surface area contributed by atoms with Gasteiger partial charge in [-0.1, -0.05) is 36.8 Å². The standard InChI is InChI=1S/C15H23N.C8H17N/c1-13(2)16-10-8-15(9-11-16)12-14-6-4-3-5-7-14;1-8(2)9-6-4-3-5-7-9/h3-7,13,15H,8-12H2,1-2H3;8H,3-7H2,1-2H3. The lowest BCUT2D eigenvalue weighted by atomic mass is 9.90. The molecule has 25 heavy (non-hydrogen) atoms. The lowest BCUT2D eigenvalue weighted by molar-refractivity contribution is 0.149. The zero-order valence-corrected chi connectivity index (χ0v) is 17.1. The van der Waals surface area contributed by atoms with E-state index in [9.17, 15) is 0 Å². The van der Waals surface area contributed by atoms with Gasteiger partial charge in [0.2, 0.25) is 0 Å². The first-order valence-corrected chi connectivity index (χ1v) is 10.6. The molecule has 2 heteroatoms. The van der Waals surface area contributed by atoms with Gasteiger partial charge in [0.15, 0.2) is 0 Å². The lowest BCUT2D eigenvalue weighted by Crippen LogP contribution is -2.38. The minimum Gasteiger partial charge on any atom is -0.301 e. The van der Waals surface area contributed by atoms with Crippen LogP contribution >= 0.6 is 0 Å². The fourth-order valence-electron chi connectivity index (χ4n) is 4.06. The van der Waals surface area contributed by atoms with Crippen LogP contribution in [0.5, 0.6) is 0 Å². The summed E-state index contributed by atoms with van der Waals surface area (Å²) < 4.78 is 0. The summed E-state index contributed by atoms with van der Waals surface area (Å²) in [5, 5.41) is 0. The Balaban J connectivity index is 0.000000212. The molecule has 142 valence electrons. The average molecular weight is 345 g/mol. The minimum absolute atomic E-state index is 0.720. The predicted octanol–water partition coefficient (Wildman–Crippen LogP) is 5.23. The maximum Gasteiger partial charge on any atom is 0.00385 e. The number of benzene rings is 1. The van der Waals surface area contributed by atoms with E-state index in [0.717, 1.165) is 18.0 Å². The van der Waals surface area contributed by atoms with Gasteiger partial charge in [-0.2, -0.15) is 0 Å². The molecular formula is C23H40N2. The lowest BCUT2D eigenvalue weighted by Gasteiger charge is -2.34. The van der Waals surface area contributed by atoms with Crippen molar-refractivity contribution < 1.29 is 0 Å². The molecule has 0 bridgehead atoms. The van der Waals surface area contributed by atoms with Crippen molar-refractivity contribution >= 4 is 0 Å². The van der Waals surface area contributed by atoms with Crippen molar-refractivity contribution in [1.82, 2.24) is 9.80 Å². The fourth-order valence-corrected chi connectivity index (χ4v) is 4.06. The highest BCUT2D eigenvalue weighted by Gasteiger charge is 2.20. The molecule has 0 aliphatic carbocycles. The summed E-state index contributed by atoms with van der Waals surface area (Å²) in [6.07, 6.45) is 8.28. The van der Waals surface area contributed by atoms with Crippen molar-refractivity contribution in [3.05, 3.63) is 35.9 Å². The zero-order valence-electron chi connectivity index (χ0n) is 17.1. The van der Waals surface area contributed by atoms with E-state index in [1.54, 1.807) is 0 Å². The Morgan fingerprint density at radius 3 is 1.76 bits per heavy atom. The zero-order chi connectivity index (χ0) is 18.1. The molecule has 0 radical (unpaired) electrons. The Morgan fingerprint density at radius 1 is 0.760 bits per heavy atom. The molecule has 0 aromatic heterocycles. The highest BCUT2D eigenvalue weighted by atomic mass is 15.2. The molecule has 2 heterocycles. The van der Waals surface area contributed by atoms with Crippen LogP contribution in [0.15, 0.2) is 30.3 Å². The molecule has 0 amide bonds. The molecule has 2 saturated heterocycles. The van der Waals surface area contributed by atoms with E-state index in [4.69, 9.17) is 0 Å². The van der Waals surface area contributed by atoms with Crippen LogP contribution < -0.4 is 0 Å². The molecule has 2 aliphatic rings. The van der Waals surface area contributed by atoms with Crippen molar-refractivity contribution in [2.45, 2.75) is 78.3 Å². The quantitative estimate of drug-likeness (QED) is 0.738. The third-order valence-electron chi connectivity index (χ3n) is 5.87. The number of nitrogens with zero attached hydrogens (tertiary/aromatic N) is 2. The van der Waals surface area contributed by atoms with E-state index in [2.05, 4.69) is 67.8 Å². The van der Waals surface area contributed by atoms with Crippen molar-refractivity contribution in [2.75, 3.05) is 26.2 Å². The predicted molar refractivity (Wildman–Crippen MR) is 110 cm³/mol. The van der Waals surface area contributed by atoms with E-state index in [1.165, 1.54) is 70.3 Å². The van der Waals surface area contributed by atoms with Gasteiger partial charge in [0.05, 0.1) is 0 Å². The largest absolute Gasteiger partial charge is 0.301 e. The summed E-state index contributed by atoms with van der Waals surface area (Å²) in [6.45, 7) is 14.4. The maximum atomic E-state index is 2.60. The van der Waals surface area contributed by atoms with Crippen molar-refractivity contribution in [2.24, 2.45) is 5.92 Å². The first-order valence-electron chi connectivity index (χ1n) is 10.6. The average Bonchev–Trinajstić information content (AvgIpc) is 2.64. The van der Waals surface area contributed by atoms with Crippen LogP contribution in [0.2, 0.25) is 0 Å². The molecule has 0 atom stereocenters. The fraction of sp³-hybridized carbons (Fsp3) is 0.739. The van der Waals surface area contributed by atoms with Crippen LogP contribution in [0, 0.1) is 5.92 Å². The van der Waals surface area contributed by atoms with E-state index in [-0.39, 0.29) is 0 Å². The smallest absolute Gasteiger partial charge is 0.00385 e.